The average molecular weight is 674 g/mol. The number of carboxylic acid groups (broad SMARTS) is 1. The smallest absolute Gasteiger partial charge is 0.352 e. The lowest BCUT2D eigenvalue weighted by molar-refractivity contribution is -1.08. The molecule has 50 heavy (non-hydrogen) atoms. The Morgan fingerprint density at radius 1 is 0.940 bits per heavy atom. The molecular weight excluding hydrogens is 634 g/mol. The van der Waals surface area contributed by atoms with Gasteiger partial charge in [0.2, 0.25) is 5.91 Å². The summed E-state index contributed by atoms with van der Waals surface area (Å²) in [7, 11) is 0. The van der Waals surface area contributed by atoms with Crippen LogP contribution in [0.1, 0.15) is 46.5 Å². The first kappa shape index (κ1) is 32.1. The summed E-state index contributed by atoms with van der Waals surface area (Å²) in [5, 5.41) is 32.5. The highest BCUT2D eigenvalue weighted by atomic mass is 16.4. The predicted molar refractivity (Wildman–Crippen MR) is 183 cm³/mol. The third kappa shape index (κ3) is 4.89. The van der Waals surface area contributed by atoms with Crippen LogP contribution in [0.2, 0.25) is 0 Å². The van der Waals surface area contributed by atoms with Gasteiger partial charge in [0.05, 0.1) is 29.7 Å². The van der Waals surface area contributed by atoms with Crippen LogP contribution in [-0.2, 0) is 20.9 Å². The van der Waals surface area contributed by atoms with Crippen molar-refractivity contribution >= 4 is 34.8 Å². The number of carboxylic acids is 1. The highest BCUT2D eigenvalue weighted by Crippen LogP contribution is 2.51. The maximum Gasteiger partial charge on any atom is 0.352 e. The lowest BCUT2D eigenvalue weighted by Crippen LogP contribution is -2.75. The number of piperazine rings is 3. The second-order valence-corrected chi connectivity index (χ2v) is 14.9. The predicted octanol–water partition coefficient (Wildman–Crippen LogP) is 3.22. The number of carbonyl (C=O) groups excluding carboxylic acids is 3. The van der Waals surface area contributed by atoms with E-state index in [0.717, 1.165) is 71.5 Å². The molecule has 11 heteroatoms. The third-order valence-electron chi connectivity index (χ3n) is 12.0. The highest BCUT2D eigenvalue weighted by molar-refractivity contribution is 6.22. The summed E-state index contributed by atoms with van der Waals surface area (Å²) in [6, 6.07) is 20.2. The van der Waals surface area contributed by atoms with Crippen LogP contribution in [0.5, 0.6) is 0 Å². The topological polar surface area (TPSA) is 148 Å². The minimum absolute atomic E-state index is 0.0349. The molecule has 5 aliphatic heterocycles. The van der Waals surface area contributed by atoms with Gasteiger partial charge in [0.1, 0.15) is 51.5 Å². The molecule has 0 spiro atoms. The number of hydrogen-bond donors (Lipinski definition) is 3. The summed E-state index contributed by atoms with van der Waals surface area (Å²) < 4.78 is 1.71. The molecule has 4 atom stereocenters. The van der Waals surface area contributed by atoms with Gasteiger partial charge in [-0.3, -0.25) is 14.4 Å². The Bertz CT molecular complexity index is 2070. The lowest BCUT2D eigenvalue weighted by atomic mass is 9.76. The molecule has 0 aromatic heterocycles. The van der Waals surface area contributed by atoms with Crippen molar-refractivity contribution in [2.45, 2.75) is 32.5 Å². The fourth-order valence-electron chi connectivity index (χ4n) is 9.32. The van der Waals surface area contributed by atoms with E-state index in [-0.39, 0.29) is 29.2 Å². The largest absolute Gasteiger partial charge is 0.477 e. The van der Waals surface area contributed by atoms with Crippen molar-refractivity contribution in [3.05, 3.63) is 94.2 Å². The second kappa shape index (κ2) is 11.5. The van der Waals surface area contributed by atoms with Crippen molar-refractivity contribution < 1.29 is 38.4 Å². The third-order valence-corrected chi connectivity index (χ3v) is 12.0. The van der Waals surface area contributed by atoms with Crippen LogP contribution >= 0.6 is 0 Å². The number of quaternary nitrogens is 2. The number of β-lactam (4-membered cyclic amide) rings is 1. The van der Waals surface area contributed by atoms with Crippen LogP contribution in [-0.4, -0.2) is 106 Å². The first-order chi connectivity index (χ1) is 23.9. The molecule has 3 aromatic carbocycles. The summed E-state index contributed by atoms with van der Waals surface area (Å²) in [5.74, 6) is -2.70. The van der Waals surface area contributed by atoms with E-state index in [1.165, 1.54) is 4.90 Å². The Morgan fingerprint density at radius 2 is 1.64 bits per heavy atom. The molecule has 254 valence electrons. The van der Waals surface area contributed by atoms with E-state index in [1.54, 1.807) is 37.3 Å². The van der Waals surface area contributed by atoms with E-state index >= 15 is 0 Å². The van der Waals surface area contributed by atoms with Crippen molar-refractivity contribution in [1.29, 1.82) is 5.26 Å². The number of hydrogen-bond acceptors (Lipinski definition) is 6. The van der Waals surface area contributed by atoms with Gasteiger partial charge in [-0.1, -0.05) is 31.2 Å². The number of nitrogens with one attached hydrogen (secondary N) is 1. The Labute approximate surface area is 289 Å². The molecule has 2 bridgehead atoms. The molecular formula is C39H39N5O6+2. The monoisotopic (exact) mass is 673 g/mol. The van der Waals surface area contributed by atoms with Crippen LogP contribution in [0.4, 0.5) is 5.69 Å². The summed E-state index contributed by atoms with van der Waals surface area (Å²) in [5.41, 5.74) is 6.20. The van der Waals surface area contributed by atoms with Crippen molar-refractivity contribution in [3.8, 4) is 17.2 Å². The van der Waals surface area contributed by atoms with Gasteiger partial charge in [-0.05, 0) is 65.6 Å². The Hall–Kier alpha value is -5.15. The van der Waals surface area contributed by atoms with Crippen LogP contribution < -0.4 is 5.32 Å². The normalized spacial score (nSPS) is 28.0. The number of rotatable bonds is 8. The fraction of sp³-hybridized carbons (Fsp3) is 0.359. The van der Waals surface area contributed by atoms with E-state index in [2.05, 4.69) is 17.5 Å². The Balaban J connectivity index is 0.988. The quantitative estimate of drug-likeness (QED) is 0.192. The van der Waals surface area contributed by atoms with E-state index in [0.29, 0.717) is 40.1 Å². The molecule has 3 aromatic rings. The SMILES string of the molecule is C[C@@H](O)[C@H]1C(=O)N2C(C(=O)O)=C(c3ccc4c(c3)C(=O)c3ccc(C[N+]56CC[N+](CC(=O)Nc7cccc(C#N)c7)(CC5)CC6)cc3-4)[C@H](C)[C@H]12. The number of aliphatic hydroxyl groups excluding tert-OH is 1. The van der Waals surface area contributed by atoms with E-state index in [9.17, 15) is 34.7 Å². The van der Waals surface area contributed by atoms with Gasteiger partial charge in [0.25, 0.3) is 5.91 Å². The fourth-order valence-corrected chi connectivity index (χ4v) is 9.32. The van der Waals surface area contributed by atoms with Crippen molar-refractivity contribution in [1.82, 2.24) is 4.90 Å². The van der Waals surface area contributed by atoms with Crippen LogP contribution in [0.25, 0.3) is 16.7 Å². The minimum Gasteiger partial charge on any atom is -0.477 e. The summed E-state index contributed by atoms with van der Waals surface area (Å²) in [6.45, 7) is 10.3. The van der Waals surface area contributed by atoms with Gasteiger partial charge < -0.3 is 29.4 Å². The Kier molecular flexibility index (Phi) is 7.35. The van der Waals surface area contributed by atoms with E-state index in [1.807, 2.05) is 31.2 Å². The maximum absolute atomic E-state index is 13.7. The molecule has 4 fully saturated rings. The number of anilines is 1. The number of benzene rings is 3. The van der Waals surface area contributed by atoms with Gasteiger partial charge in [-0.2, -0.15) is 5.26 Å². The zero-order valence-electron chi connectivity index (χ0n) is 28.1. The molecule has 4 saturated heterocycles. The van der Waals surface area contributed by atoms with Crippen molar-refractivity contribution in [3.63, 3.8) is 0 Å². The van der Waals surface area contributed by atoms with Crippen LogP contribution in [0.15, 0.2) is 66.4 Å². The first-order valence-corrected chi connectivity index (χ1v) is 17.2. The molecule has 2 amide bonds. The number of carbonyl (C=O) groups is 4. The van der Waals surface area contributed by atoms with Gasteiger partial charge >= 0.3 is 5.97 Å². The zero-order valence-corrected chi connectivity index (χ0v) is 28.1. The summed E-state index contributed by atoms with van der Waals surface area (Å²) in [4.78, 5) is 53.3. The molecule has 0 unspecified atom stereocenters. The molecule has 1 aliphatic carbocycles. The molecule has 9 rings (SSSR count). The number of aliphatic hydroxyl groups is 1. The van der Waals surface area contributed by atoms with Gasteiger partial charge in [0.15, 0.2) is 12.3 Å². The average Bonchev–Trinajstić information content (AvgIpc) is 3.52. The number of aliphatic carboxylic acids is 1. The maximum atomic E-state index is 13.7. The number of amides is 2. The van der Waals surface area contributed by atoms with Gasteiger partial charge in [-0.15, -0.1) is 0 Å². The lowest BCUT2D eigenvalue weighted by Gasteiger charge is -2.55. The van der Waals surface area contributed by atoms with E-state index < -0.39 is 24.0 Å². The van der Waals surface area contributed by atoms with Gasteiger partial charge in [0, 0.05) is 28.3 Å². The molecule has 6 aliphatic rings. The number of nitrogens with zero attached hydrogens (tertiary/aromatic N) is 4. The summed E-state index contributed by atoms with van der Waals surface area (Å²) >= 11 is 0. The van der Waals surface area contributed by atoms with Gasteiger partial charge in [-0.25, -0.2) is 4.79 Å². The van der Waals surface area contributed by atoms with Crippen molar-refractivity contribution in [2.75, 3.05) is 51.1 Å². The van der Waals surface area contributed by atoms with Crippen LogP contribution in [0, 0.1) is 23.2 Å². The number of nitriles is 1. The zero-order chi connectivity index (χ0) is 35.1. The highest BCUT2D eigenvalue weighted by Gasteiger charge is 2.60. The van der Waals surface area contributed by atoms with E-state index in [4.69, 9.17) is 0 Å². The van der Waals surface area contributed by atoms with Crippen LogP contribution in [0.3, 0.4) is 0 Å². The first-order valence-electron chi connectivity index (χ1n) is 17.2. The molecule has 0 radical (unpaired) electrons. The standard InChI is InChI=1S/C39H37N5O6/c1-22-33(36(39(49)50)42-35(22)34(23(2)45)38(42)48)26-7-9-28-30-17-25(6-8-29(30)37(47)31(28)18-26)20-43-10-13-44(14-11-43,15-12-43)21-32(46)41-27-5-3-4-24(16-27)19-40/h3-9,16-18,22-23,34-35,45H,10-15,20-21H2,1-2H3/p+2/t22-,23+,34+,35+,43?,44?/m0/s1. The Morgan fingerprint density at radius 3 is 2.32 bits per heavy atom. The second-order valence-electron chi connectivity index (χ2n) is 14.9. The molecule has 11 nitrogen and oxygen atoms in total. The number of fused-ring (bicyclic) bond motifs is 7. The molecule has 3 N–H and O–H groups in total. The summed E-state index contributed by atoms with van der Waals surface area (Å²) in [6.07, 6.45) is -0.889. The molecule has 0 saturated carbocycles. The number of ketones is 1. The van der Waals surface area contributed by atoms with Crippen molar-refractivity contribution in [2.24, 2.45) is 11.8 Å². The molecule has 5 heterocycles. The minimum atomic E-state index is -1.20.